The fourth-order valence-corrected chi connectivity index (χ4v) is 6.18. The Labute approximate surface area is 288 Å². The Morgan fingerprint density at radius 1 is 1.18 bits per heavy atom. The highest BCUT2D eigenvalue weighted by Crippen LogP contribution is 2.46. The summed E-state index contributed by atoms with van der Waals surface area (Å²) in [5, 5.41) is 11.2. The highest BCUT2D eigenvalue weighted by atomic mass is 16.5. The molecule has 2 N–H and O–H groups in total. The van der Waals surface area contributed by atoms with Crippen molar-refractivity contribution in [2.24, 2.45) is 11.8 Å². The minimum absolute atomic E-state index is 0.106. The monoisotopic (exact) mass is 674 g/mol. The predicted octanol–water partition coefficient (Wildman–Crippen LogP) is 5.42. The van der Waals surface area contributed by atoms with Crippen molar-refractivity contribution in [2.45, 2.75) is 84.3 Å². The summed E-state index contributed by atoms with van der Waals surface area (Å²) in [6, 6.07) is 4.36. The van der Waals surface area contributed by atoms with Gasteiger partial charge in [-0.3, -0.25) is 9.48 Å². The van der Waals surface area contributed by atoms with Crippen LogP contribution in [0.2, 0.25) is 0 Å². The summed E-state index contributed by atoms with van der Waals surface area (Å²) >= 11 is 0. The summed E-state index contributed by atoms with van der Waals surface area (Å²) in [6.07, 6.45) is 12.0. The summed E-state index contributed by atoms with van der Waals surface area (Å²) in [7, 11) is 3.34. The highest BCUT2D eigenvalue weighted by molar-refractivity contribution is 5.95. The van der Waals surface area contributed by atoms with Gasteiger partial charge in [0.2, 0.25) is 5.91 Å². The van der Waals surface area contributed by atoms with Crippen LogP contribution in [0.15, 0.2) is 42.7 Å². The van der Waals surface area contributed by atoms with Crippen LogP contribution < -0.4 is 20.1 Å². The summed E-state index contributed by atoms with van der Waals surface area (Å²) in [4.78, 5) is 46.7. The topological polar surface area (TPSA) is 137 Å². The van der Waals surface area contributed by atoms with Crippen LogP contribution >= 0.6 is 0 Å². The number of allylic oxidation sites excluding steroid dienone is 1. The third-order valence-corrected chi connectivity index (χ3v) is 9.34. The van der Waals surface area contributed by atoms with Crippen molar-refractivity contribution >= 4 is 28.8 Å². The molecule has 0 unspecified atom stereocenters. The number of carbonyl (C=O) groups is 3. The second-order valence-electron chi connectivity index (χ2n) is 13.4. The lowest BCUT2D eigenvalue weighted by Gasteiger charge is -2.26. The Hall–Kier alpha value is -4.61. The van der Waals surface area contributed by atoms with E-state index >= 15 is 0 Å². The number of methoxy groups -OCH3 is 1. The lowest BCUT2D eigenvalue weighted by atomic mass is 10.1. The van der Waals surface area contributed by atoms with E-state index in [9.17, 15) is 14.4 Å². The molecule has 1 fully saturated rings. The van der Waals surface area contributed by atoms with Gasteiger partial charge in [-0.2, -0.15) is 5.10 Å². The van der Waals surface area contributed by atoms with Crippen molar-refractivity contribution in [1.29, 1.82) is 0 Å². The number of esters is 1. The molecule has 0 radical (unpaired) electrons. The minimum Gasteiger partial charge on any atom is -0.496 e. The lowest BCUT2D eigenvalue weighted by Crippen LogP contribution is -2.56. The normalized spacial score (nSPS) is 22.1. The molecule has 2 aliphatic rings. The van der Waals surface area contributed by atoms with Crippen molar-refractivity contribution in [3.63, 3.8) is 0 Å². The fraction of sp³-hybridized carbons (Fsp3) is 0.541. The number of hydrogen-bond donors (Lipinski definition) is 2. The van der Waals surface area contributed by atoms with Crippen LogP contribution in [0.3, 0.4) is 0 Å². The molecule has 12 nitrogen and oxygen atoms in total. The summed E-state index contributed by atoms with van der Waals surface area (Å²) in [5.41, 5.74) is 2.02. The van der Waals surface area contributed by atoms with Crippen molar-refractivity contribution in [1.82, 2.24) is 30.3 Å². The number of ether oxygens (including phenoxy) is 3. The van der Waals surface area contributed by atoms with Crippen molar-refractivity contribution < 1.29 is 28.6 Å². The smallest absolute Gasteiger partial charge is 0.332 e. The second kappa shape index (κ2) is 15.7. The summed E-state index contributed by atoms with van der Waals surface area (Å²) in [6.45, 7) is 9.75. The first-order valence-electron chi connectivity index (χ1n) is 17.4. The van der Waals surface area contributed by atoms with Gasteiger partial charge in [0.25, 0.3) is 0 Å². The number of amides is 3. The van der Waals surface area contributed by atoms with E-state index in [1.807, 2.05) is 42.1 Å². The number of hydrogen-bond acceptors (Lipinski definition) is 8. The van der Waals surface area contributed by atoms with Gasteiger partial charge in [-0.05, 0) is 64.0 Å². The zero-order chi connectivity index (χ0) is 35.1. The van der Waals surface area contributed by atoms with Gasteiger partial charge in [-0.25, -0.2) is 14.6 Å². The maximum absolute atomic E-state index is 13.8. The van der Waals surface area contributed by atoms with E-state index in [2.05, 4.69) is 35.7 Å². The van der Waals surface area contributed by atoms with Gasteiger partial charge in [0.1, 0.15) is 23.1 Å². The van der Waals surface area contributed by atoms with Crippen molar-refractivity contribution in [3.8, 4) is 22.8 Å². The lowest BCUT2D eigenvalue weighted by molar-refractivity contribution is -0.149. The van der Waals surface area contributed by atoms with Gasteiger partial charge >= 0.3 is 12.0 Å². The van der Waals surface area contributed by atoms with Crippen molar-refractivity contribution in [2.75, 3.05) is 33.9 Å². The second-order valence-corrected chi connectivity index (χ2v) is 13.4. The van der Waals surface area contributed by atoms with E-state index in [4.69, 9.17) is 19.2 Å². The van der Waals surface area contributed by atoms with Crippen LogP contribution in [-0.4, -0.2) is 83.1 Å². The van der Waals surface area contributed by atoms with E-state index in [1.54, 1.807) is 32.2 Å². The Morgan fingerprint density at radius 3 is 2.76 bits per heavy atom. The molecule has 1 aliphatic heterocycles. The quantitative estimate of drug-likeness (QED) is 0.203. The van der Waals surface area contributed by atoms with Gasteiger partial charge in [0.05, 0.1) is 37.7 Å². The Balaban J connectivity index is 1.41. The fourth-order valence-electron chi connectivity index (χ4n) is 6.18. The molecule has 0 bridgehead atoms. The minimum atomic E-state index is -1.14. The molecule has 0 saturated heterocycles. The van der Waals surface area contributed by atoms with Crippen LogP contribution in [0.25, 0.3) is 22.2 Å². The van der Waals surface area contributed by atoms with E-state index < -0.39 is 23.5 Å². The number of nitrogens with zero attached hydrogens (tertiary/aromatic N) is 4. The average molecular weight is 675 g/mol. The van der Waals surface area contributed by atoms with E-state index in [0.29, 0.717) is 36.1 Å². The van der Waals surface area contributed by atoms with Gasteiger partial charge < -0.3 is 29.7 Å². The molecule has 3 aromatic rings. The number of carbonyl (C=O) groups excluding carboxylic acids is 3. The number of pyridine rings is 1. The zero-order valence-corrected chi connectivity index (χ0v) is 29.6. The number of benzene rings is 1. The molecule has 3 heterocycles. The maximum Gasteiger partial charge on any atom is 0.332 e. The highest BCUT2D eigenvalue weighted by Gasteiger charge is 2.61. The van der Waals surface area contributed by atoms with Gasteiger partial charge in [-0.1, -0.05) is 26.0 Å². The Kier molecular flexibility index (Phi) is 11.5. The van der Waals surface area contributed by atoms with E-state index in [-0.39, 0.29) is 31.6 Å². The van der Waals surface area contributed by atoms with Crippen LogP contribution in [-0.2, 0) is 20.9 Å². The number of aryl methyl sites for hydroxylation is 2. The SMILES string of the molecule is CCOC(=O)[C@@]12C[C@H]1/C=C\CCCCN(C)C(=O)N[C@@H](CCOc1cc(-c3cnn(CCC(C)C)c3)nc3c(C)c(OC)ccc13)C(=O)N2. The molecule has 12 heteroatoms. The van der Waals surface area contributed by atoms with Crippen LogP contribution in [0.5, 0.6) is 11.5 Å². The first-order chi connectivity index (χ1) is 23.6. The Morgan fingerprint density at radius 2 is 2.00 bits per heavy atom. The summed E-state index contributed by atoms with van der Waals surface area (Å²) in [5.74, 6) is 0.772. The van der Waals surface area contributed by atoms with Crippen LogP contribution in [0, 0.1) is 18.8 Å². The standard InChI is InChI=1S/C37H50N6O6/c1-7-48-35(45)37-21-27(37)12-10-8-9-11-17-42(5)36(46)40-29(34(44)41-37)16-19-49-32-20-30(26-22-38-43(23-26)18-15-24(2)3)39-33-25(4)31(47-6)14-13-28(32)33/h10,12-14,20,22-24,27,29H,7-9,11,15-19,21H2,1-6H3,(H,40,46)(H,41,44)/b12-10-/t27-,29+,37-/m1/s1. The largest absolute Gasteiger partial charge is 0.496 e. The molecule has 1 aliphatic carbocycles. The third kappa shape index (κ3) is 8.34. The predicted molar refractivity (Wildman–Crippen MR) is 187 cm³/mol. The molecule has 3 amide bonds. The van der Waals surface area contributed by atoms with Crippen molar-refractivity contribution in [3.05, 3.63) is 48.3 Å². The first-order valence-corrected chi connectivity index (χ1v) is 17.4. The first kappa shape index (κ1) is 35.7. The number of aromatic nitrogens is 3. The molecular formula is C37H50N6O6. The van der Waals surface area contributed by atoms with Crippen LogP contribution in [0.1, 0.15) is 64.9 Å². The number of rotatable bonds is 11. The van der Waals surface area contributed by atoms with Gasteiger partial charge in [0.15, 0.2) is 0 Å². The number of urea groups is 1. The van der Waals surface area contributed by atoms with Crippen LogP contribution in [0.4, 0.5) is 4.79 Å². The van der Waals surface area contributed by atoms with Gasteiger partial charge in [-0.15, -0.1) is 0 Å². The zero-order valence-electron chi connectivity index (χ0n) is 29.6. The number of nitrogens with one attached hydrogen (secondary N) is 2. The number of fused-ring (bicyclic) bond motifs is 2. The summed E-state index contributed by atoms with van der Waals surface area (Å²) < 4.78 is 19.3. The molecule has 49 heavy (non-hydrogen) atoms. The molecule has 3 atom stereocenters. The van der Waals surface area contributed by atoms with E-state index in [0.717, 1.165) is 54.3 Å². The molecule has 1 aromatic carbocycles. The molecule has 264 valence electrons. The molecule has 5 rings (SSSR count). The maximum atomic E-state index is 13.8. The van der Waals surface area contributed by atoms with E-state index in [1.165, 1.54) is 0 Å². The average Bonchev–Trinajstić information content (AvgIpc) is 3.56. The molecule has 0 spiro atoms. The molecular weight excluding hydrogens is 624 g/mol. The van der Waals surface area contributed by atoms with Gasteiger partial charge in [0, 0.05) is 61.3 Å². The third-order valence-electron chi connectivity index (χ3n) is 9.34. The molecule has 1 saturated carbocycles. The Bertz CT molecular complexity index is 1680. The molecule has 2 aromatic heterocycles.